The van der Waals surface area contributed by atoms with Gasteiger partial charge in [0.05, 0.1) is 0 Å². The first-order chi connectivity index (χ1) is 11.6. The van der Waals surface area contributed by atoms with E-state index in [-0.39, 0.29) is 5.60 Å². The molecule has 0 fully saturated rings. The second-order valence-corrected chi connectivity index (χ2v) is 6.99. The van der Waals surface area contributed by atoms with Gasteiger partial charge in [-0.25, -0.2) is 0 Å². The summed E-state index contributed by atoms with van der Waals surface area (Å²) in [6.07, 6.45) is 0. The zero-order valence-electron chi connectivity index (χ0n) is 13.8. The van der Waals surface area contributed by atoms with E-state index in [1.165, 1.54) is 38.2 Å². The summed E-state index contributed by atoms with van der Waals surface area (Å²) in [4.78, 5) is 0. The van der Waals surface area contributed by atoms with Crippen molar-refractivity contribution in [2.75, 3.05) is 0 Å². The molecule has 5 rings (SSSR count). The second kappa shape index (κ2) is 4.61. The first-order valence-corrected chi connectivity index (χ1v) is 8.38. The van der Waals surface area contributed by atoms with Crippen LogP contribution in [0.15, 0.2) is 72.8 Å². The maximum absolute atomic E-state index is 6.57. The van der Waals surface area contributed by atoms with Crippen LogP contribution in [0.4, 0.5) is 0 Å². The van der Waals surface area contributed by atoms with Crippen LogP contribution in [-0.4, -0.2) is 0 Å². The fourth-order valence-electron chi connectivity index (χ4n) is 4.02. The number of hydrogen-bond donors (Lipinski definition) is 0. The number of fused-ring (bicyclic) bond motifs is 7. The van der Waals surface area contributed by atoms with Crippen LogP contribution >= 0.6 is 0 Å². The third-order valence-corrected chi connectivity index (χ3v) is 5.06. The second-order valence-electron chi connectivity index (χ2n) is 6.99. The van der Waals surface area contributed by atoms with Crippen molar-refractivity contribution in [1.29, 1.82) is 0 Å². The molecule has 0 atom stereocenters. The quantitative estimate of drug-likeness (QED) is 0.371. The minimum absolute atomic E-state index is 0.368. The van der Waals surface area contributed by atoms with E-state index in [1.807, 2.05) is 0 Å². The Bertz CT molecular complexity index is 1110. The lowest BCUT2D eigenvalue weighted by Crippen LogP contribution is -2.29. The van der Waals surface area contributed by atoms with Gasteiger partial charge in [-0.2, -0.15) is 0 Å². The van der Waals surface area contributed by atoms with Crippen molar-refractivity contribution in [3.63, 3.8) is 0 Å². The van der Waals surface area contributed by atoms with Crippen LogP contribution in [0.25, 0.3) is 32.7 Å². The summed E-state index contributed by atoms with van der Waals surface area (Å²) in [5.74, 6) is 1.00. The molecule has 0 bridgehead atoms. The highest BCUT2D eigenvalue weighted by Crippen LogP contribution is 2.50. The van der Waals surface area contributed by atoms with Gasteiger partial charge in [-0.15, -0.1) is 0 Å². The normalized spacial score (nSPS) is 14.9. The summed E-state index contributed by atoms with van der Waals surface area (Å²) in [5, 5.41) is 4.94. The predicted molar refractivity (Wildman–Crippen MR) is 101 cm³/mol. The maximum atomic E-state index is 6.57. The summed E-state index contributed by atoms with van der Waals surface area (Å²) in [6.45, 7) is 4.34. The van der Waals surface area contributed by atoms with Gasteiger partial charge in [0.2, 0.25) is 0 Å². The molecule has 4 aromatic rings. The van der Waals surface area contributed by atoms with Crippen molar-refractivity contribution >= 4 is 21.5 Å². The number of hydrogen-bond acceptors (Lipinski definition) is 1. The van der Waals surface area contributed by atoms with E-state index in [2.05, 4.69) is 86.6 Å². The Labute approximate surface area is 141 Å². The van der Waals surface area contributed by atoms with Gasteiger partial charge in [-0.3, -0.25) is 0 Å². The van der Waals surface area contributed by atoms with E-state index in [0.717, 1.165) is 5.75 Å². The van der Waals surface area contributed by atoms with Crippen molar-refractivity contribution < 1.29 is 4.74 Å². The molecule has 0 aliphatic carbocycles. The van der Waals surface area contributed by atoms with Crippen LogP contribution in [0.5, 0.6) is 5.75 Å². The smallest absolute Gasteiger partial charge is 0.136 e. The lowest BCUT2D eigenvalue weighted by Gasteiger charge is -2.36. The van der Waals surface area contributed by atoms with Gasteiger partial charge >= 0.3 is 0 Å². The number of benzene rings is 4. The molecule has 1 aliphatic heterocycles. The highest BCUT2D eigenvalue weighted by Gasteiger charge is 2.34. The standard InChI is InChI=1S/C23H18O/c1-23(2)21-17-9-5-3-7-15(17)11-13-19(21)20-14-12-16-8-4-6-10-18(16)22(20)24-23/h3-14H,1-2H3. The zero-order chi connectivity index (χ0) is 16.3. The summed E-state index contributed by atoms with van der Waals surface area (Å²) in [5.41, 5.74) is 3.38. The SMILES string of the molecule is CC1(C)Oc2c(ccc3ccccc23)-c2ccc3ccccc3c21. The van der Waals surface area contributed by atoms with Crippen LogP contribution in [0.3, 0.4) is 0 Å². The maximum Gasteiger partial charge on any atom is 0.136 e. The minimum atomic E-state index is -0.368. The van der Waals surface area contributed by atoms with Crippen LogP contribution in [-0.2, 0) is 5.60 Å². The van der Waals surface area contributed by atoms with E-state index in [4.69, 9.17) is 4.74 Å². The average Bonchev–Trinajstić information content (AvgIpc) is 2.60. The monoisotopic (exact) mass is 310 g/mol. The number of ether oxygens (including phenoxy) is 1. The topological polar surface area (TPSA) is 9.23 Å². The molecule has 116 valence electrons. The van der Waals surface area contributed by atoms with Crippen LogP contribution in [0, 0.1) is 0 Å². The van der Waals surface area contributed by atoms with E-state index in [0.29, 0.717) is 0 Å². The molecule has 1 heteroatoms. The van der Waals surface area contributed by atoms with Gasteiger partial charge in [0.25, 0.3) is 0 Å². The van der Waals surface area contributed by atoms with Crippen LogP contribution in [0.1, 0.15) is 19.4 Å². The molecule has 4 aromatic carbocycles. The molecule has 1 heterocycles. The summed E-state index contributed by atoms with van der Waals surface area (Å²) < 4.78 is 6.57. The van der Waals surface area contributed by atoms with Crippen molar-refractivity contribution in [2.24, 2.45) is 0 Å². The zero-order valence-corrected chi connectivity index (χ0v) is 13.8. The van der Waals surface area contributed by atoms with Crippen molar-refractivity contribution in [3.05, 3.63) is 78.4 Å². The van der Waals surface area contributed by atoms with Gasteiger partial charge in [0.1, 0.15) is 11.4 Å². The minimum Gasteiger partial charge on any atom is -0.482 e. The van der Waals surface area contributed by atoms with Gasteiger partial charge < -0.3 is 4.74 Å². The Morgan fingerprint density at radius 3 is 1.96 bits per heavy atom. The lowest BCUT2D eigenvalue weighted by molar-refractivity contribution is 0.109. The molecule has 0 saturated carbocycles. The summed E-state index contributed by atoms with van der Waals surface area (Å²) >= 11 is 0. The first-order valence-electron chi connectivity index (χ1n) is 8.38. The van der Waals surface area contributed by atoms with Crippen molar-refractivity contribution in [3.8, 4) is 16.9 Å². The molecule has 0 N–H and O–H groups in total. The van der Waals surface area contributed by atoms with Crippen LogP contribution < -0.4 is 4.74 Å². The molecule has 1 aliphatic rings. The van der Waals surface area contributed by atoms with Gasteiger partial charge in [0.15, 0.2) is 0 Å². The van der Waals surface area contributed by atoms with Gasteiger partial charge in [-0.05, 0) is 41.6 Å². The largest absolute Gasteiger partial charge is 0.482 e. The van der Waals surface area contributed by atoms with E-state index in [1.54, 1.807) is 0 Å². The van der Waals surface area contributed by atoms with E-state index in [9.17, 15) is 0 Å². The molecule has 0 saturated heterocycles. The molecule has 24 heavy (non-hydrogen) atoms. The molecule has 0 amide bonds. The Balaban J connectivity index is 1.94. The Morgan fingerprint density at radius 2 is 1.21 bits per heavy atom. The number of rotatable bonds is 0. The Kier molecular flexibility index (Phi) is 2.62. The summed E-state index contributed by atoms with van der Waals surface area (Å²) in [6, 6.07) is 25.9. The molecule has 0 aromatic heterocycles. The molecular weight excluding hydrogens is 292 g/mol. The fraction of sp³-hybridized carbons (Fsp3) is 0.130. The Hall–Kier alpha value is -2.80. The lowest BCUT2D eigenvalue weighted by atomic mass is 9.82. The highest BCUT2D eigenvalue weighted by atomic mass is 16.5. The van der Waals surface area contributed by atoms with E-state index >= 15 is 0 Å². The van der Waals surface area contributed by atoms with E-state index < -0.39 is 0 Å². The molecule has 0 unspecified atom stereocenters. The fourth-order valence-corrected chi connectivity index (χ4v) is 4.02. The predicted octanol–water partition coefficient (Wildman–Crippen LogP) is 6.29. The molecular formula is C23H18O. The molecule has 0 spiro atoms. The third kappa shape index (κ3) is 1.75. The summed E-state index contributed by atoms with van der Waals surface area (Å²) in [7, 11) is 0. The van der Waals surface area contributed by atoms with Gasteiger partial charge in [-0.1, -0.05) is 66.7 Å². The first kappa shape index (κ1) is 13.6. The third-order valence-electron chi connectivity index (χ3n) is 5.06. The van der Waals surface area contributed by atoms with Crippen molar-refractivity contribution in [1.82, 2.24) is 0 Å². The Morgan fingerprint density at radius 1 is 0.625 bits per heavy atom. The highest BCUT2D eigenvalue weighted by molar-refractivity contribution is 6.00. The van der Waals surface area contributed by atoms with Crippen LogP contribution in [0.2, 0.25) is 0 Å². The molecule has 0 radical (unpaired) electrons. The molecule has 1 nitrogen and oxygen atoms in total. The average molecular weight is 310 g/mol. The van der Waals surface area contributed by atoms with Crippen molar-refractivity contribution in [2.45, 2.75) is 19.4 Å². The van der Waals surface area contributed by atoms with Gasteiger partial charge in [0, 0.05) is 16.5 Å².